The maximum atomic E-state index is 12.4. The van der Waals surface area contributed by atoms with Crippen LogP contribution in [0.1, 0.15) is 22.9 Å². The average molecular weight is 356 g/mol. The molecule has 136 valence electrons. The quantitative estimate of drug-likeness (QED) is 0.800. The number of aromatic nitrogens is 2. The van der Waals surface area contributed by atoms with Gasteiger partial charge < -0.3 is 14.1 Å². The first-order valence-electron chi connectivity index (χ1n) is 8.75. The van der Waals surface area contributed by atoms with Gasteiger partial charge in [-0.25, -0.2) is 9.78 Å². The molecule has 2 amide bonds. The van der Waals surface area contributed by atoms with Crippen molar-refractivity contribution >= 4 is 12.0 Å². The highest BCUT2D eigenvalue weighted by atomic mass is 16.6. The standard InChI is InChI=1S/C18H20N4O4/c23-17(12-22-8-9-25-18(22)24)21-7-5-15-14(11-21)20-16(26-15)4-3-13-2-1-6-19-10-13/h1-2,6,10H,3-5,7-9,11-12H2. The molecule has 1 saturated heterocycles. The molecule has 0 unspecified atom stereocenters. The highest BCUT2D eigenvalue weighted by Crippen LogP contribution is 2.21. The number of carbonyl (C=O) groups excluding carboxylic acids is 2. The average Bonchev–Trinajstić information content (AvgIpc) is 3.26. The lowest BCUT2D eigenvalue weighted by atomic mass is 10.1. The van der Waals surface area contributed by atoms with E-state index in [1.54, 1.807) is 11.1 Å². The summed E-state index contributed by atoms with van der Waals surface area (Å²) in [5.74, 6) is 1.46. The number of pyridine rings is 1. The van der Waals surface area contributed by atoms with Gasteiger partial charge in [0.2, 0.25) is 5.91 Å². The van der Waals surface area contributed by atoms with Crippen LogP contribution in [0.25, 0.3) is 0 Å². The van der Waals surface area contributed by atoms with Crippen LogP contribution in [0.2, 0.25) is 0 Å². The minimum atomic E-state index is -0.421. The molecule has 2 aromatic heterocycles. The van der Waals surface area contributed by atoms with E-state index >= 15 is 0 Å². The molecule has 4 heterocycles. The third-order valence-corrected chi connectivity index (χ3v) is 4.65. The first-order chi connectivity index (χ1) is 12.7. The van der Waals surface area contributed by atoms with Gasteiger partial charge in [0.1, 0.15) is 24.6 Å². The molecule has 0 radical (unpaired) electrons. The Kier molecular flexibility index (Phi) is 4.55. The van der Waals surface area contributed by atoms with Crippen molar-refractivity contribution in [1.29, 1.82) is 0 Å². The molecule has 0 N–H and O–H groups in total. The summed E-state index contributed by atoms with van der Waals surface area (Å²) < 4.78 is 10.7. The van der Waals surface area contributed by atoms with Gasteiger partial charge >= 0.3 is 6.09 Å². The molecule has 1 fully saturated rings. The Labute approximate surface area is 150 Å². The molecule has 0 bridgehead atoms. The van der Waals surface area contributed by atoms with E-state index in [1.807, 2.05) is 18.3 Å². The van der Waals surface area contributed by atoms with Crippen LogP contribution in [-0.4, -0.2) is 58.0 Å². The van der Waals surface area contributed by atoms with Gasteiger partial charge in [-0.2, -0.15) is 0 Å². The predicted molar refractivity (Wildman–Crippen MR) is 90.2 cm³/mol. The second-order valence-corrected chi connectivity index (χ2v) is 6.44. The van der Waals surface area contributed by atoms with Crippen LogP contribution < -0.4 is 0 Å². The molecule has 0 spiro atoms. The number of amides is 2. The van der Waals surface area contributed by atoms with Gasteiger partial charge in [0.25, 0.3) is 0 Å². The van der Waals surface area contributed by atoms with E-state index in [9.17, 15) is 9.59 Å². The molecule has 2 aliphatic rings. The summed E-state index contributed by atoms with van der Waals surface area (Å²) in [6.45, 7) is 1.87. The number of nitrogens with zero attached hydrogens (tertiary/aromatic N) is 4. The van der Waals surface area contributed by atoms with Crippen molar-refractivity contribution in [2.24, 2.45) is 0 Å². The Morgan fingerprint density at radius 3 is 2.96 bits per heavy atom. The highest BCUT2D eigenvalue weighted by Gasteiger charge is 2.29. The lowest BCUT2D eigenvalue weighted by Gasteiger charge is -2.26. The molecule has 0 aromatic carbocycles. The van der Waals surface area contributed by atoms with E-state index < -0.39 is 6.09 Å². The molecule has 0 atom stereocenters. The van der Waals surface area contributed by atoms with Crippen LogP contribution in [-0.2, 0) is 35.3 Å². The predicted octanol–water partition coefficient (Wildman–Crippen LogP) is 1.19. The van der Waals surface area contributed by atoms with Crippen molar-refractivity contribution in [3.63, 3.8) is 0 Å². The van der Waals surface area contributed by atoms with Crippen molar-refractivity contribution in [3.8, 4) is 0 Å². The van der Waals surface area contributed by atoms with Crippen molar-refractivity contribution in [3.05, 3.63) is 47.4 Å². The van der Waals surface area contributed by atoms with E-state index in [2.05, 4.69) is 9.97 Å². The van der Waals surface area contributed by atoms with Gasteiger partial charge in [-0.15, -0.1) is 0 Å². The number of fused-ring (bicyclic) bond motifs is 1. The zero-order chi connectivity index (χ0) is 17.9. The second-order valence-electron chi connectivity index (χ2n) is 6.44. The lowest BCUT2D eigenvalue weighted by Crippen LogP contribution is -2.42. The molecule has 0 aliphatic carbocycles. The van der Waals surface area contributed by atoms with Crippen molar-refractivity contribution in [2.45, 2.75) is 25.8 Å². The molecular formula is C18H20N4O4. The van der Waals surface area contributed by atoms with Crippen LogP contribution >= 0.6 is 0 Å². The molecule has 2 aromatic rings. The normalized spacial score (nSPS) is 16.5. The summed E-state index contributed by atoms with van der Waals surface area (Å²) in [7, 11) is 0. The molecular weight excluding hydrogens is 336 g/mol. The van der Waals surface area contributed by atoms with Crippen molar-refractivity contribution in [2.75, 3.05) is 26.2 Å². The van der Waals surface area contributed by atoms with E-state index in [-0.39, 0.29) is 12.5 Å². The van der Waals surface area contributed by atoms with Gasteiger partial charge in [-0.3, -0.25) is 14.7 Å². The van der Waals surface area contributed by atoms with Crippen LogP contribution in [0.4, 0.5) is 4.79 Å². The molecule has 0 saturated carbocycles. The molecule has 8 nitrogen and oxygen atoms in total. The van der Waals surface area contributed by atoms with Crippen molar-refractivity contribution < 1.29 is 18.7 Å². The van der Waals surface area contributed by atoms with Crippen LogP contribution in [0, 0.1) is 0 Å². The Morgan fingerprint density at radius 2 is 2.19 bits per heavy atom. The Morgan fingerprint density at radius 1 is 1.27 bits per heavy atom. The highest BCUT2D eigenvalue weighted by molar-refractivity contribution is 5.83. The molecule has 2 aliphatic heterocycles. The lowest BCUT2D eigenvalue weighted by molar-refractivity contribution is -0.132. The maximum Gasteiger partial charge on any atom is 0.410 e. The minimum absolute atomic E-state index is 0.0554. The van der Waals surface area contributed by atoms with E-state index in [0.717, 1.165) is 23.4 Å². The largest absolute Gasteiger partial charge is 0.448 e. The first kappa shape index (κ1) is 16.6. The number of carbonyl (C=O) groups is 2. The summed E-state index contributed by atoms with van der Waals surface area (Å²) >= 11 is 0. The number of cyclic esters (lactones) is 1. The number of rotatable bonds is 5. The number of hydrogen-bond acceptors (Lipinski definition) is 6. The summed E-state index contributed by atoms with van der Waals surface area (Å²) in [5.41, 5.74) is 1.95. The summed E-state index contributed by atoms with van der Waals surface area (Å²) in [6, 6.07) is 3.94. The topological polar surface area (TPSA) is 88.8 Å². The Balaban J connectivity index is 1.35. The van der Waals surface area contributed by atoms with E-state index in [0.29, 0.717) is 45.0 Å². The van der Waals surface area contributed by atoms with Crippen molar-refractivity contribution in [1.82, 2.24) is 19.8 Å². The van der Waals surface area contributed by atoms with Gasteiger partial charge in [-0.05, 0) is 18.1 Å². The van der Waals surface area contributed by atoms with Crippen LogP contribution in [0.3, 0.4) is 0 Å². The third-order valence-electron chi connectivity index (χ3n) is 4.65. The third kappa shape index (κ3) is 3.54. The zero-order valence-electron chi connectivity index (χ0n) is 14.4. The summed E-state index contributed by atoms with van der Waals surface area (Å²) in [6.07, 6.45) is 5.33. The zero-order valence-corrected chi connectivity index (χ0v) is 14.4. The second kappa shape index (κ2) is 7.15. The summed E-state index contributed by atoms with van der Waals surface area (Å²) in [4.78, 5) is 35.7. The number of aryl methyl sites for hydroxylation is 2. The number of hydrogen-bond donors (Lipinski definition) is 0. The molecule has 8 heteroatoms. The van der Waals surface area contributed by atoms with Gasteiger partial charge in [0.15, 0.2) is 5.89 Å². The number of ether oxygens (including phenoxy) is 1. The fourth-order valence-electron chi connectivity index (χ4n) is 3.20. The van der Waals surface area contributed by atoms with Gasteiger partial charge in [-0.1, -0.05) is 6.07 Å². The smallest absolute Gasteiger partial charge is 0.410 e. The molecule has 26 heavy (non-hydrogen) atoms. The monoisotopic (exact) mass is 356 g/mol. The van der Waals surface area contributed by atoms with Gasteiger partial charge in [0, 0.05) is 31.8 Å². The van der Waals surface area contributed by atoms with E-state index in [4.69, 9.17) is 9.15 Å². The maximum absolute atomic E-state index is 12.4. The van der Waals surface area contributed by atoms with Crippen LogP contribution in [0.5, 0.6) is 0 Å². The fraction of sp³-hybridized carbons (Fsp3) is 0.444. The SMILES string of the molecule is O=C(CN1CCOC1=O)N1CCc2oc(CCc3cccnc3)nc2C1. The van der Waals surface area contributed by atoms with E-state index in [1.165, 1.54) is 4.90 Å². The first-order valence-corrected chi connectivity index (χ1v) is 8.75. The molecule has 4 rings (SSSR count). The summed E-state index contributed by atoms with van der Waals surface area (Å²) in [5, 5.41) is 0. The Bertz CT molecular complexity index is 805. The van der Waals surface area contributed by atoms with Crippen LogP contribution in [0.15, 0.2) is 28.9 Å². The minimum Gasteiger partial charge on any atom is -0.448 e. The van der Waals surface area contributed by atoms with Gasteiger partial charge in [0.05, 0.1) is 13.1 Å². The Hall–Kier alpha value is -2.90. The number of oxazole rings is 1. The fourth-order valence-corrected chi connectivity index (χ4v) is 3.20.